The highest BCUT2D eigenvalue weighted by Gasteiger charge is 2.76. The molecule has 4 aliphatic carbocycles. The number of benzene rings is 1. The third kappa shape index (κ3) is 5.63. The number of esters is 2. The highest BCUT2D eigenvalue weighted by Crippen LogP contribution is 2.69. The first-order valence-electron chi connectivity index (χ1n) is 16.0. The number of aliphatic hydroxyl groups excluding tert-OH is 1. The van der Waals surface area contributed by atoms with Crippen LogP contribution < -0.4 is 4.74 Å². The summed E-state index contributed by atoms with van der Waals surface area (Å²) in [5.41, 5.74) is -3.82. The van der Waals surface area contributed by atoms with Crippen LogP contribution in [0.4, 0.5) is 4.39 Å². The topological polar surface area (TPSA) is 178 Å². The summed E-state index contributed by atoms with van der Waals surface area (Å²) in [6, 6.07) is 5.92. The standard InChI is InChI=1S/C34H38FNO12/c1-31(2)47-25-15-24-23-8-7-20-14-21(37)11-12-32(20,3)34(23,35)26(38)16-33(24,30(25)48-31)27(39)18-44-28(40)9-10-29(41)46-22-6-4-5-19(13-22)17-45-36(42)43/h4-6,11-14,23-26,30,38H,7-10,15-18H2,1-3H3/t23?,24-,25+,26-,30+,32-,33-,34-/m0/s1. The molecule has 5 aliphatic rings. The van der Waals surface area contributed by atoms with Crippen LogP contribution in [0.5, 0.6) is 5.75 Å². The lowest BCUT2D eigenvalue weighted by Crippen LogP contribution is -2.69. The van der Waals surface area contributed by atoms with E-state index in [2.05, 4.69) is 4.84 Å². The van der Waals surface area contributed by atoms with E-state index in [1.165, 1.54) is 36.4 Å². The van der Waals surface area contributed by atoms with Crippen LogP contribution in [0.25, 0.3) is 0 Å². The molecule has 1 aromatic rings. The molecular weight excluding hydrogens is 633 g/mol. The van der Waals surface area contributed by atoms with E-state index in [9.17, 15) is 34.4 Å². The van der Waals surface area contributed by atoms with Gasteiger partial charge in [0.05, 0.1) is 30.5 Å². The zero-order chi connectivity index (χ0) is 34.6. The molecule has 4 fully saturated rings. The molecule has 1 aliphatic heterocycles. The normalized spacial score (nSPS) is 35.7. The van der Waals surface area contributed by atoms with E-state index in [1.807, 2.05) is 0 Å². The van der Waals surface area contributed by atoms with Gasteiger partial charge in [-0.1, -0.05) is 23.8 Å². The van der Waals surface area contributed by atoms with Crippen molar-refractivity contribution in [2.75, 3.05) is 6.61 Å². The van der Waals surface area contributed by atoms with Gasteiger partial charge in [0.25, 0.3) is 5.09 Å². The van der Waals surface area contributed by atoms with Crippen LogP contribution in [-0.4, -0.2) is 70.1 Å². The van der Waals surface area contributed by atoms with E-state index in [1.54, 1.807) is 26.8 Å². The molecule has 48 heavy (non-hydrogen) atoms. The zero-order valence-corrected chi connectivity index (χ0v) is 26.8. The van der Waals surface area contributed by atoms with Crippen molar-refractivity contribution in [3.8, 4) is 5.75 Å². The molecule has 258 valence electrons. The maximum absolute atomic E-state index is 17.6. The van der Waals surface area contributed by atoms with Gasteiger partial charge in [0.2, 0.25) is 0 Å². The number of aliphatic hydroxyl groups is 1. The van der Waals surface area contributed by atoms with Crippen molar-refractivity contribution < 1.29 is 57.5 Å². The Labute approximate surface area is 275 Å². The molecule has 0 amide bonds. The second-order valence-corrected chi connectivity index (χ2v) is 13.9. The smallest absolute Gasteiger partial charge is 0.311 e. The third-order valence-electron chi connectivity index (χ3n) is 10.8. The molecule has 1 heterocycles. The Morgan fingerprint density at radius 1 is 1.12 bits per heavy atom. The maximum atomic E-state index is 17.6. The maximum Gasteiger partial charge on any atom is 0.311 e. The van der Waals surface area contributed by atoms with E-state index in [4.69, 9.17) is 18.9 Å². The summed E-state index contributed by atoms with van der Waals surface area (Å²) in [6.07, 6.45) is 1.30. The number of carbonyl (C=O) groups excluding carboxylic acids is 4. The lowest BCUT2D eigenvalue weighted by molar-refractivity contribution is -0.763. The number of halogens is 1. The van der Waals surface area contributed by atoms with Crippen LogP contribution in [-0.2, 0) is 44.8 Å². The summed E-state index contributed by atoms with van der Waals surface area (Å²) in [5, 5.41) is 21.2. The van der Waals surface area contributed by atoms with Crippen LogP contribution in [0.15, 0.2) is 48.1 Å². The van der Waals surface area contributed by atoms with Crippen molar-refractivity contribution in [2.45, 2.75) is 95.7 Å². The summed E-state index contributed by atoms with van der Waals surface area (Å²) >= 11 is 0. The Morgan fingerprint density at radius 3 is 2.62 bits per heavy atom. The van der Waals surface area contributed by atoms with Crippen LogP contribution >= 0.6 is 0 Å². The summed E-state index contributed by atoms with van der Waals surface area (Å²) in [4.78, 5) is 66.2. The number of carbonyl (C=O) groups is 4. The van der Waals surface area contributed by atoms with Gasteiger partial charge < -0.3 is 28.9 Å². The second kappa shape index (κ2) is 12.1. The predicted molar refractivity (Wildman–Crippen MR) is 161 cm³/mol. The third-order valence-corrected chi connectivity index (χ3v) is 10.8. The van der Waals surface area contributed by atoms with E-state index in [0.29, 0.717) is 30.4 Å². The summed E-state index contributed by atoms with van der Waals surface area (Å²) in [5.74, 6) is -4.67. The summed E-state index contributed by atoms with van der Waals surface area (Å²) < 4.78 is 40.6. The number of nitrogens with zero attached hydrogens (tertiary/aromatic N) is 1. The molecular formula is C34H38FNO12. The molecule has 8 atom stereocenters. The van der Waals surface area contributed by atoms with Crippen molar-refractivity contribution in [3.63, 3.8) is 0 Å². The number of alkyl halides is 1. The lowest BCUT2D eigenvalue weighted by Gasteiger charge is -2.61. The Hall–Kier alpha value is -4.01. The molecule has 1 saturated heterocycles. The van der Waals surface area contributed by atoms with Crippen LogP contribution in [0.3, 0.4) is 0 Å². The average Bonchev–Trinajstić information content (AvgIpc) is 3.49. The number of hydrogen-bond acceptors (Lipinski definition) is 12. The fourth-order valence-corrected chi connectivity index (χ4v) is 8.84. The summed E-state index contributed by atoms with van der Waals surface area (Å²) in [6.45, 7) is 4.11. The van der Waals surface area contributed by atoms with Gasteiger partial charge in [0, 0.05) is 11.3 Å². The average molecular weight is 672 g/mol. The monoisotopic (exact) mass is 671 g/mol. The molecule has 3 saturated carbocycles. The first-order valence-corrected chi connectivity index (χ1v) is 16.0. The molecule has 0 spiro atoms. The first-order chi connectivity index (χ1) is 22.6. The molecule has 1 aromatic carbocycles. The van der Waals surface area contributed by atoms with Gasteiger partial charge in [-0.05, 0) is 82.2 Å². The fourth-order valence-electron chi connectivity index (χ4n) is 8.84. The van der Waals surface area contributed by atoms with E-state index < -0.39 is 88.3 Å². The second-order valence-electron chi connectivity index (χ2n) is 13.9. The number of fused-ring (bicyclic) bond motifs is 7. The zero-order valence-electron chi connectivity index (χ0n) is 26.8. The molecule has 6 rings (SSSR count). The fraction of sp³-hybridized carbons (Fsp3) is 0.588. The Balaban J connectivity index is 1.14. The lowest BCUT2D eigenvalue weighted by atomic mass is 9.45. The Bertz CT molecular complexity index is 1610. The first kappa shape index (κ1) is 33.9. The van der Waals surface area contributed by atoms with Gasteiger partial charge in [-0.15, -0.1) is 10.1 Å². The highest BCUT2D eigenvalue weighted by atomic mass is 19.1. The minimum Gasteiger partial charge on any atom is -0.458 e. The Morgan fingerprint density at radius 2 is 1.88 bits per heavy atom. The van der Waals surface area contributed by atoms with Crippen LogP contribution in [0.2, 0.25) is 0 Å². The van der Waals surface area contributed by atoms with Crippen molar-refractivity contribution >= 4 is 23.5 Å². The number of hydrogen-bond donors (Lipinski definition) is 1. The van der Waals surface area contributed by atoms with Crippen molar-refractivity contribution in [1.82, 2.24) is 0 Å². The number of Topliss-reactive ketones (excluding diaryl/α,β-unsaturated/α-hetero) is 1. The van der Waals surface area contributed by atoms with Crippen LogP contribution in [0.1, 0.15) is 64.9 Å². The minimum absolute atomic E-state index is 0.102. The molecule has 0 bridgehead atoms. The van der Waals surface area contributed by atoms with Gasteiger partial charge in [0.15, 0.2) is 29.6 Å². The SMILES string of the molecule is CC1(C)O[C@@H]2[C@@H](C[C@H]3C4CCC5=CC(=O)C=C[C@]5(C)[C@@]4(F)[C@@H](O)C[C@]23C(=O)COC(=O)CCC(=O)Oc2cccc(CO[N+](=O)[O-])c2)O1. The van der Waals surface area contributed by atoms with Gasteiger partial charge in [-0.25, -0.2) is 4.39 Å². The largest absolute Gasteiger partial charge is 0.458 e. The molecule has 0 aromatic heterocycles. The predicted octanol–water partition coefficient (Wildman–Crippen LogP) is 3.67. The quantitative estimate of drug-likeness (QED) is 0.165. The molecule has 1 N–H and O–H groups in total. The van der Waals surface area contributed by atoms with Crippen molar-refractivity contribution in [3.05, 3.63) is 63.7 Å². The molecule has 14 heteroatoms. The van der Waals surface area contributed by atoms with E-state index >= 15 is 4.39 Å². The van der Waals surface area contributed by atoms with Crippen LogP contribution in [0, 0.1) is 32.8 Å². The van der Waals surface area contributed by atoms with Gasteiger partial charge >= 0.3 is 11.9 Å². The summed E-state index contributed by atoms with van der Waals surface area (Å²) in [7, 11) is 0. The van der Waals surface area contributed by atoms with Crippen molar-refractivity contribution in [2.24, 2.45) is 22.7 Å². The van der Waals surface area contributed by atoms with Gasteiger partial charge in [-0.2, -0.15) is 0 Å². The number of allylic oxidation sites excluding steroid dienone is 4. The highest BCUT2D eigenvalue weighted by molar-refractivity contribution is 6.01. The number of ether oxygens (including phenoxy) is 4. The van der Waals surface area contributed by atoms with Crippen molar-refractivity contribution in [1.29, 1.82) is 0 Å². The van der Waals surface area contributed by atoms with Gasteiger partial charge in [-0.3, -0.25) is 19.2 Å². The number of ketones is 2. The number of rotatable bonds is 10. The molecule has 0 radical (unpaired) electrons. The van der Waals surface area contributed by atoms with E-state index in [0.717, 1.165) is 0 Å². The molecule has 1 unspecified atom stereocenters. The van der Waals surface area contributed by atoms with Gasteiger partial charge in [0.1, 0.15) is 18.5 Å². The van der Waals surface area contributed by atoms with E-state index in [-0.39, 0.29) is 31.0 Å². The minimum atomic E-state index is -2.17. The molecule has 13 nitrogen and oxygen atoms in total. The Kier molecular flexibility index (Phi) is 8.57.